The summed E-state index contributed by atoms with van der Waals surface area (Å²) in [5, 5.41) is 8.37. The summed E-state index contributed by atoms with van der Waals surface area (Å²) < 4.78 is 2.28. The smallest absolute Gasteiger partial charge is 0.314 e. The molecule has 1 fully saturated rings. The molecule has 0 aliphatic carbocycles. The highest BCUT2D eigenvalue weighted by Crippen LogP contribution is 2.43. The third-order valence-corrected chi connectivity index (χ3v) is 6.09. The quantitative estimate of drug-likeness (QED) is 0.545. The van der Waals surface area contributed by atoms with Gasteiger partial charge in [-0.25, -0.2) is 4.79 Å². The Morgan fingerprint density at radius 3 is 2.57 bits per heavy atom. The number of nitrogens with zero attached hydrogens (tertiary/aromatic N) is 4. The van der Waals surface area contributed by atoms with Gasteiger partial charge in [-0.3, -0.25) is 10.1 Å². The number of aryl methyl sites for hydroxylation is 1. The van der Waals surface area contributed by atoms with Crippen LogP contribution in [-0.2, 0) is 0 Å². The Hall–Kier alpha value is -3.61. The third-order valence-electron chi connectivity index (χ3n) is 6.09. The molecule has 0 saturated carbocycles. The lowest BCUT2D eigenvalue weighted by atomic mass is 9.86. The molecule has 0 radical (unpaired) electrons. The van der Waals surface area contributed by atoms with Crippen LogP contribution in [0.25, 0.3) is 27.8 Å². The van der Waals surface area contributed by atoms with E-state index in [1.165, 1.54) is 16.5 Å². The molecule has 1 aliphatic heterocycles. The predicted molar refractivity (Wildman–Crippen MR) is 117 cm³/mol. The number of likely N-dealkylation sites (tertiary alicyclic amines) is 1. The van der Waals surface area contributed by atoms with Crippen LogP contribution in [0.15, 0.2) is 55.1 Å². The van der Waals surface area contributed by atoms with Crippen LogP contribution in [0, 0.1) is 6.92 Å². The molecule has 3 N–H and O–H groups in total. The zero-order valence-electron chi connectivity index (χ0n) is 16.9. The molecule has 4 heterocycles. The Balaban J connectivity index is 1.73. The fourth-order valence-corrected chi connectivity index (χ4v) is 4.59. The lowest BCUT2D eigenvalue weighted by Gasteiger charge is -2.31. The van der Waals surface area contributed by atoms with Crippen molar-refractivity contribution in [2.24, 2.45) is 5.73 Å². The van der Waals surface area contributed by atoms with Crippen molar-refractivity contribution < 1.29 is 4.79 Å². The molecule has 1 saturated heterocycles. The number of aromatic nitrogens is 4. The fraction of sp³-hybridized carbons (Fsp3) is 0.261. The highest BCUT2D eigenvalue weighted by Gasteiger charge is 2.30. The molecule has 7 nitrogen and oxygen atoms in total. The van der Waals surface area contributed by atoms with Gasteiger partial charge in [0.1, 0.15) is 0 Å². The van der Waals surface area contributed by atoms with E-state index in [-0.39, 0.29) is 6.03 Å². The van der Waals surface area contributed by atoms with Gasteiger partial charge in [0.15, 0.2) is 0 Å². The Kier molecular flexibility index (Phi) is 4.50. The van der Waals surface area contributed by atoms with Crippen LogP contribution in [0.2, 0.25) is 0 Å². The van der Waals surface area contributed by atoms with Gasteiger partial charge in [-0.2, -0.15) is 5.10 Å². The number of H-pyrrole nitrogens is 1. The van der Waals surface area contributed by atoms with E-state index >= 15 is 0 Å². The Morgan fingerprint density at radius 2 is 1.90 bits per heavy atom. The minimum Gasteiger partial charge on any atom is -0.351 e. The van der Waals surface area contributed by atoms with E-state index in [2.05, 4.69) is 57.0 Å². The molecular formula is C23H24N6O. The number of rotatable bonds is 3. The molecule has 2 amide bonds. The standard InChI is InChI=1S/C23H24N6O/c1-15-2-4-18(5-3-15)29-20-14-25-9-6-19(20)21(22(29)17-12-26-27-13-17)16-7-10-28(11-8-16)23(24)30/h2-6,9,12-14,16H,7-8,10-11H2,1H3,(H2,24,30)(H,26,27). The fourth-order valence-electron chi connectivity index (χ4n) is 4.59. The van der Waals surface area contributed by atoms with Gasteiger partial charge in [-0.1, -0.05) is 17.7 Å². The maximum atomic E-state index is 11.6. The number of primary amides is 1. The number of hydrogen-bond acceptors (Lipinski definition) is 3. The first-order valence-corrected chi connectivity index (χ1v) is 10.2. The summed E-state index contributed by atoms with van der Waals surface area (Å²) in [4.78, 5) is 17.8. The van der Waals surface area contributed by atoms with Crippen molar-refractivity contribution in [3.8, 4) is 16.9 Å². The molecule has 3 aromatic heterocycles. The molecule has 4 aromatic rings. The summed E-state index contributed by atoms with van der Waals surface area (Å²) in [5.74, 6) is 0.321. The van der Waals surface area contributed by atoms with E-state index in [4.69, 9.17) is 5.73 Å². The van der Waals surface area contributed by atoms with Crippen molar-refractivity contribution in [1.82, 2.24) is 24.6 Å². The first kappa shape index (κ1) is 18.4. The van der Waals surface area contributed by atoms with E-state index in [0.717, 1.165) is 35.3 Å². The Bertz CT molecular complexity index is 1180. The Morgan fingerprint density at radius 1 is 1.13 bits per heavy atom. The van der Waals surface area contributed by atoms with Crippen LogP contribution >= 0.6 is 0 Å². The van der Waals surface area contributed by atoms with Gasteiger partial charge in [0.25, 0.3) is 0 Å². The summed E-state index contributed by atoms with van der Waals surface area (Å²) in [6, 6.07) is 10.3. The van der Waals surface area contributed by atoms with Crippen molar-refractivity contribution in [3.63, 3.8) is 0 Å². The zero-order chi connectivity index (χ0) is 20.7. The molecule has 0 unspecified atom stereocenters. The van der Waals surface area contributed by atoms with Crippen LogP contribution in [0.5, 0.6) is 0 Å². The molecule has 30 heavy (non-hydrogen) atoms. The number of hydrogen-bond donors (Lipinski definition) is 2. The van der Waals surface area contributed by atoms with Gasteiger partial charge in [0, 0.05) is 42.1 Å². The third kappa shape index (κ3) is 3.03. The molecule has 1 aromatic carbocycles. The second-order valence-electron chi connectivity index (χ2n) is 7.91. The van der Waals surface area contributed by atoms with Crippen molar-refractivity contribution in [2.45, 2.75) is 25.7 Å². The molecule has 0 bridgehead atoms. The number of pyridine rings is 1. The zero-order valence-corrected chi connectivity index (χ0v) is 16.9. The number of piperidine rings is 1. The van der Waals surface area contributed by atoms with Gasteiger partial charge in [0.05, 0.1) is 23.6 Å². The van der Waals surface area contributed by atoms with Gasteiger partial charge >= 0.3 is 6.03 Å². The summed E-state index contributed by atoms with van der Waals surface area (Å²) in [5.41, 5.74) is 12.4. The highest BCUT2D eigenvalue weighted by atomic mass is 16.2. The number of aromatic amines is 1. The van der Waals surface area contributed by atoms with Crippen molar-refractivity contribution >= 4 is 16.9 Å². The minimum atomic E-state index is -0.338. The van der Waals surface area contributed by atoms with E-state index in [0.29, 0.717) is 19.0 Å². The number of nitrogens with two attached hydrogens (primary N) is 1. The normalized spacial score (nSPS) is 15.0. The largest absolute Gasteiger partial charge is 0.351 e. The summed E-state index contributed by atoms with van der Waals surface area (Å²) in [7, 11) is 0. The average molecular weight is 400 g/mol. The second kappa shape index (κ2) is 7.33. The summed E-state index contributed by atoms with van der Waals surface area (Å²) in [6.45, 7) is 3.44. The summed E-state index contributed by atoms with van der Waals surface area (Å²) in [6.07, 6.45) is 9.35. The highest BCUT2D eigenvalue weighted by molar-refractivity contribution is 5.93. The number of fused-ring (bicyclic) bond motifs is 1. The number of nitrogens with one attached hydrogen (secondary N) is 1. The van der Waals surface area contributed by atoms with Gasteiger partial charge in [-0.15, -0.1) is 0 Å². The first-order valence-electron chi connectivity index (χ1n) is 10.2. The lowest BCUT2D eigenvalue weighted by molar-refractivity contribution is 0.191. The SMILES string of the molecule is Cc1ccc(-n2c(-c3cn[nH]c3)c(C3CCN(C(N)=O)CC3)c3ccncc32)cc1. The molecule has 0 spiro atoms. The number of amides is 2. The van der Waals surface area contributed by atoms with E-state index in [1.54, 1.807) is 4.90 Å². The van der Waals surface area contributed by atoms with E-state index in [9.17, 15) is 4.79 Å². The summed E-state index contributed by atoms with van der Waals surface area (Å²) >= 11 is 0. The predicted octanol–water partition coefficient (Wildman–Crippen LogP) is 3.98. The number of benzene rings is 1. The molecular weight excluding hydrogens is 376 g/mol. The Labute approximate surface area is 174 Å². The van der Waals surface area contributed by atoms with Crippen LogP contribution in [-0.4, -0.2) is 43.8 Å². The number of carbonyl (C=O) groups is 1. The lowest BCUT2D eigenvalue weighted by Crippen LogP contribution is -2.41. The van der Waals surface area contributed by atoms with Crippen molar-refractivity contribution in [2.75, 3.05) is 13.1 Å². The first-order chi connectivity index (χ1) is 14.6. The molecule has 0 atom stereocenters. The van der Waals surface area contributed by atoms with Gasteiger partial charge in [-0.05, 0) is 49.4 Å². The van der Waals surface area contributed by atoms with Crippen LogP contribution < -0.4 is 5.73 Å². The molecule has 1 aliphatic rings. The molecule has 5 rings (SSSR count). The molecule has 152 valence electrons. The monoisotopic (exact) mass is 400 g/mol. The van der Waals surface area contributed by atoms with Crippen LogP contribution in [0.4, 0.5) is 4.79 Å². The number of carbonyl (C=O) groups excluding carboxylic acids is 1. The molecule has 7 heteroatoms. The van der Waals surface area contributed by atoms with Crippen molar-refractivity contribution in [3.05, 3.63) is 66.2 Å². The average Bonchev–Trinajstić information content (AvgIpc) is 3.40. The van der Waals surface area contributed by atoms with E-state index < -0.39 is 0 Å². The van der Waals surface area contributed by atoms with Crippen LogP contribution in [0.3, 0.4) is 0 Å². The topological polar surface area (TPSA) is 92.8 Å². The van der Waals surface area contributed by atoms with E-state index in [1.807, 2.05) is 24.8 Å². The van der Waals surface area contributed by atoms with Gasteiger partial charge < -0.3 is 15.2 Å². The maximum Gasteiger partial charge on any atom is 0.314 e. The maximum absolute atomic E-state index is 11.6. The van der Waals surface area contributed by atoms with Crippen molar-refractivity contribution in [1.29, 1.82) is 0 Å². The minimum absolute atomic E-state index is 0.321. The van der Waals surface area contributed by atoms with Crippen LogP contribution in [0.1, 0.15) is 29.9 Å². The number of urea groups is 1. The van der Waals surface area contributed by atoms with Gasteiger partial charge in [0.2, 0.25) is 0 Å². The second-order valence-corrected chi connectivity index (χ2v) is 7.91.